The molecule has 0 aliphatic carbocycles. The SMILES string of the molecule is C=CCN1C(=O)N(c2ccc(F)cc2)C(=O)[C@@H]1CC(=O)Nc1ccc(C(=O)OCC)cc1. The molecule has 1 saturated heterocycles. The first kappa shape index (κ1) is 22.7. The number of nitrogens with zero attached hydrogens (tertiary/aromatic N) is 2. The van der Waals surface area contributed by atoms with E-state index in [1.165, 1.54) is 47.4 Å². The first-order chi connectivity index (χ1) is 15.3. The van der Waals surface area contributed by atoms with Gasteiger partial charge >= 0.3 is 12.0 Å². The van der Waals surface area contributed by atoms with Crippen molar-refractivity contribution >= 4 is 35.2 Å². The summed E-state index contributed by atoms with van der Waals surface area (Å²) >= 11 is 0. The summed E-state index contributed by atoms with van der Waals surface area (Å²) in [5.74, 6) is -2.05. The van der Waals surface area contributed by atoms with Gasteiger partial charge in [0.25, 0.3) is 5.91 Å². The Morgan fingerprint density at radius 2 is 1.78 bits per heavy atom. The van der Waals surface area contributed by atoms with Gasteiger partial charge in [-0.05, 0) is 55.5 Å². The monoisotopic (exact) mass is 439 g/mol. The maximum atomic E-state index is 13.2. The van der Waals surface area contributed by atoms with Crippen molar-refractivity contribution in [1.29, 1.82) is 0 Å². The molecule has 0 saturated carbocycles. The van der Waals surface area contributed by atoms with Crippen molar-refractivity contribution in [3.63, 3.8) is 0 Å². The molecule has 32 heavy (non-hydrogen) atoms. The summed E-state index contributed by atoms with van der Waals surface area (Å²) in [4.78, 5) is 52.2. The number of benzene rings is 2. The molecule has 0 bridgehead atoms. The Morgan fingerprint density at radius 3 is 2.38 bits per heavy atom. The Hall–Kier alpha value is -4.01. The molecule has 0 unspecified atom stereocenters. The number of rotatable bonds is 8. The van der Waals surface area contributed by atoms with Gasteiger partial charge in [-0.15, -0.1) is 6.58 Å². The highest BCUT2D eigenvalue weighted by Gasteiger charge is 2.46. The average Bonchev–Trinajstić information content (AvgIpc) is 2.99. The normalized spacial score (nSPS) is 15.6. The Kier molecular flexibility index (Phi) is 6.99. The Bertz CT molecular complexity index is 1040. The van der Waals surface area contributed by atoms with Crippen molar-refractivity contribution in [2.45, 2.75) is 19.4 Å². The van der Waals surface area contributed by atoms with E-state index in [0.29, 0.717) is 11.3 Å². The lowest BCUT2D eigenvalue weighted by Crippen LogP contribution is -2.38. The number of carbonyl (C=O) groups is 4. The molecule has 0 radical (unpaired) electrons. The molecule has 0 aromatic heterocycles. The minimum atomic E-state index is -1.04. The number of hydrogen-bond acceptors (Lipinski definition) is 5. The number of nitrogens with one attached hydrogen (secondary N) is 1. The van der Waals surface area contributed by atoms with Gasteiger partial charge in [0.2, 0.25) is 5.91 Å². The van der Waals surface area contributed by atoms with Crippen LogP contribution in [-0.4, -0.2) is 47.9 Å². The van der Waals surface area contributed by atoms with Crippen LogP contribution in [0.15, 0.2) is 61.2 Å². The maximum absolute atomic E-state index is 13.2. The standard InChI is InChI=1S/C23H22FN3O5/c1-3-13-26-19(21(29)27(23(26)31)18-11-7-16(24)8-12-18)14-20(28)25-17-9-5-15(6-10-17)22(30)32-4-2/h3,5-12,19H,1,4,13-14H2,2H3,(H,25,28)/t19-/m0/s1. The van der Waals surface area contributed by atoms with Crippen LogP contribution in [0.2, 0.25) is 0 Å². The second-order valence-electron chi connectivity index (χ2n) is 6.94. The predicted molar refractivity (Wildman–Crippen MR) is 116 cm³/mol. The van der Waals surface area contributed by atoms with E-state index in [-0.39, 0.29) is 25.3 Å². The molecule has 166 valence electrons. The lowest BCUT2D eigenvalue weighted by atomic mass is 10.1. The molecule has 4 amide bonds. The van der Waals surface area contributed by atoms with Gasteiger partial charge in [0.1, 0.15) is 11.9 Å². The highest BCUT2D eigenvalue weighted by atomic mass is 19.1. The third-order valence-electron chi connectivity index (χ3n) is 4.79. The topological polar surface area (TPSA) is 96.0 Å². The largest absolute Gasteiger partial charge is 0.462 e. The first-order valence-electron chi connectivity index (χ1n) is 9.93. The summed E-state index contributed by atoms with van der Waals surface area (Å²) in [7, 11) is 0. The molecule has 0 spiro atoms. The molecule has 1 N–H and O–H groups in total. The highest BCUT2D eigenvalue weighted by Crippen LogP contribution is 2.27. The van der Waals surface area contributed by atoms with Crippen molar-refractivity contribution in [3.8, 4) is 0 Å². The fourth-order valence-corrected chi connectivity index (χ4v) is 3.30. The van der Waals surface area contributed by atoms with Crippen LogP contribution < -0.4 is 10.2 Å². The van der Waals surface area contributed by atoms with Gasteiger partial charge in [0.05, 0.1) is 24.3 Å². The predicted octanol–water partition coefficient (Wildman–Crippen LogP) is 3.35. The van der Waals surface area contributed by atoms with Crippen LogP contribution in [0.4, 0.5) is 20.6 Å². The van der Waals surface area contributed by atoms with Crippen molar-refractivity contribution < 1.29 is 28.3 Å². The van der Waals surface area contributed by atoms with Gasteiger partial charge < -0.3 is 15.0 Å². The second kappa shape index (κ2) is 9.86. The van der Waals surface area contributed by atoms with E-state index in [1.807, 2.05) is 0 Å². The van der Waals surface area contributed by atoms with Crippen LogP contribution in [0.3, 0.4) is 0 Å². The van der Waals surface area contributed by atoms with Crippen LogP contribution in [0, 0.1) is 5.82 Å². The van der Waals surface area contributed by atoms with E-state index in [0.717, 1.165) is 17.0 Å². The molecule has 1 fully saturated rings. The summed E-state index contributed by atoms with van der Waals surface area (Å²) in [6, 6.07) is 9.39. The van der Waals surface area contributed by atoms with E-state index < -0.39 is 35.7 Å². The molecule has 1 aliphatic heterocycles. The van der Waals surface area contributed by atoms with Crippen molar-refractivity contribution in [2.75, 3.05) is 23.4 Å². The van der Waals surface area contributed by atoms with Crippen LogP contribution in [0.5, 0.6) is 0 Å². The maximum Gasteiger partial charge on any atom is 0.338 e. The number of amides is 4. The van der Waals surface area contributed by atoms with Crippen LogP contribution in [0.1, 0.15) is 23.7 Å². The van der Waals surface area contributed by atoms with E-state index in [1.54, 1.807) is 6.92 Å². The number of esters is 1. The van der Waals surface area contributed by atoms with Gasteiger partial charge in [0, 0.05) is 12.2 Å². The summed E-state index contributed by atoms with van der Waals surface area (Å²) in [6.45, 7) is 5.62. The van der Waals surface area contributed by atoms with E-state index in [2.05, 4.69) is 11.9 Å². The fraction of sp³-hybridized carbons (Fsp3) is 0.217. The quantitative estimate of drug-likeness (QED) is 0.387. The number of imide groups is 1. The third-order valence-corrected chi connectivity index (χ3v) is 4.79. The molecule has 9 heteroatoms. The molecule has 2 aromatic carbocycles. The number of carbonyl (C=O) groups excluding carboxylic acids is 4. The van der Waals surface area contributed by atoms with E-state index >= 15 is 0 Å². The fourth-order valence-electron chi connectivity index (χ4n) is 3.30. The highest BCUT2D eigenvalue weighted by molar-refractivity contribution is 6.22. The molecule has 3 rings (SSSR count). The lowest BCUT2D eigenvalue weighted by Gasteiger charge is -2.19. The zero-order chi connectivity index (χ0) is 23.3. The Labute approximate surface area is 184 Å². The van der Waals surface area contributed by atoms with Crippen LogP contribution >= 0.6 is 0 Å². The van der Waals surface area contributed by atoms with Crippen molar-refractivity contribution in [2.24, 2.45) is 0 Å². The van der Waals surface area contributed by atoms with E-state index in [4.69, 9.17) is 4.74 Å². The van der Waals surface area contributed by atoms with Crippen molar-refractivity contribution in [1.82, 2.24) is 4.90 Å². The average molecular weight is 439 g/mol. The minimum Gasteiger partial charge on any atom is -0.462 e. The number of halogens is 1. The molecule has 1 atom stereocenters. The smallest absolute Gasteiger partial charge is 0.338 e. The molecule has 1 aliphatic rings. The van der Waals surface area contributed by atoms with Crippen LogP contribution in [-0.2, 0) is 14.3 Å². The number of ether oxygens (including phenoxy) is 1. The van der Waals surface area contributed by atoms with Crippen LogP contribution in [0.25, 0.3) is 0 Å². The molecule has 1 heterocycles. The van der Waals surface area contributed by atoms with Gasteiger partial charge in [-0.3, -0.25) is 9.59 Å². The van der Waals surface area contributed by atoms with Gasteiger partial charge in [0.15, 0.2) is 0 Å². The summed E-state index contributed by atoms with van der Waals surface area (Å²) < 4.78 is 18.2. The first-order valence-corrected chi connectivity index (χ1v) is 9.93. The minimum absolute atomic E-state index is 0.0639. The lowest BCUT2D eigenvalue weighted by molar-refractivity contribution is -0.124. The molecule has 2 aromatic rings. The zero-order valence-corrected chi connectivity index (χ0v) is 17.4. The van der Waals surface area contributed by atoms with Gasteiger partial charge in [-0.25, -0.2) is 18.9 Å². The molecular weight excluding hydrogens is 417 g/mol. The van der Waals surface area contributed by atoms with E-state index in [9.17, 15) is 23.6 Å². The summed E-state index contributed by atoms with van der Waals surface area (Å²) in [6.07, 6.45) is 1.17. The molecular formula is C23H22FN3O5. The van der Waals surface area contributed by atoms with Crippen molar-refractivity contribution in [3.05, 3.63) is 72.6 Å². The summed E-state index contributed by atoms with van der Waals surface area (Å²) in [5.41, 5.74) is 0.979. The van der Waals surface area contributed by atoms with Gasteiger partial charge in [-0.2, -0.15) is 0 Å². The number of anilines is 2. The molecule has 8 nitrogen and oxygen atoms in total. The zero-order valence-electron chi connectivity index (χ0n) is 17.4. The Balaban J connectivity index is 1.72. The Morgan fingerprint density at radius 1 is 1.12 bits per heavy atom. The third kappa shape index (κ3) is 4.83. The second-order valence-corrected chi connectivity index (χ2v) is 6.94. The number of hydrogen-bond donors (Lipinski definition) is 1. The number of urea groups is 1. The van der Waals surface area contributed by atoms with Gasteiger partial charge in [-0.1, -0.05) is 6.08 Å². The summed E-state index contributed by atoms with van der Waals surface area (Å²) in [5, 5.41) is 2.65.